The highest BCUT2D eigenvalue weighted by Crippen LogP contribution is 2.08. The molecule has 0 aromatic carbocycles. The van der Waals surface area contributed by atoms with E-state index in [9.17, 15) is 4.79 Å². The first-order valence-corrected chi connectivity index (χ1v) is 5.00. The van der Waals surface area contributed by atoms with Crippen LogP contribution in [0.2, 0.25) is 0 Å². The summed E-state index contributed by atoms with van der Waals surface area (Å²) in [5.74, 6) is 0.0601. The first-order valence-electron chi connectivity index (χ1n) is 5.00. The highest BCUT2D eigenvalue weighted by atomic mass is 16.2. The Morgan fingerprint density at radius 1 is 1.41 bits per heavy atom. The summed E-state index contributed by atoms with van der Waals surface area (Å²) in [6.45, 7) is 0. The van der Waals surface area contributed by atoms with E-state index < -0.39 is 0 Å². The van der Waals surface area contributed by atoms with Crippen LogP contribution in [0.1, 0.15) is 10.5 Å². The van der Waals surface area contributed by atoms with E-state index in [0.717, 1.165) is 5.69 Å². The van der Waals surface area contributed by atoms with Crippen LogP contribution in [-0.4, -0.2) is 32.7 Å². The smallest absolute Gasteiger partial charge is 0.276 e. The summed E-state index contributed by atoms with van der Waals surface area (Å²) < 4.78 is 1.47. The van der Waals surface area contributed by atoms with Gasteiger partial charge in [0.05, 0.1) is 0 Å². The fourth-order valence-corrected chi connectivity index (χ4v) is 1.29. The number of anilines is 2. The van der Waals surface area contributed by atoms with Gasteiger partial charge in [0.25, 0.3) is 5.91 Å². The van der Waals surface area contributed by atoms with Gasteiger partial charge in [0.2, 0.25) is 5.95 Å². The molecule has 2 rings (SSSR count). The van der Waals surface area contributed by atoms with Crippen LogP contribution in [0.15, 0.2) is 24.7 Å². The summed E-state index contributed by atoms with van der Waals surface area (Å²) >= 11 is 0. The number of nitrogens with zero attached hydrogens (tertiary/aromatic N) is 4. The number of aryl methyl sites for hydroxylation is 1. The number of carbonyl (C=O) groups excluding carboxylic acids is 1. The van der Waals surface area contributed by atoms with Crippen molar-refractivity contribution in [2.45, 2.75) is 0 Å². The number of amides is 1. The third kappa shape index (κ3) is 2.39. The van der Waals surface area contributed by atoms with Gasteiger partial charge in [0.1, 0.15) is 12.0 Å². The van der Waals surface area contributed by atoms with Crippen LogP contribution < -0.4 is 10.6 Å². The Kier molecular flexibility index (Phi) is 2.99. The topological polar surface area (TPSA) is 84.7 Å². The van der Waals surface area contributed by atoms with Crippen molar-refractivity contribution in [3.05, 3.63) is 30.4 Å². The van der Waals surface area contributed by atoms with Gasteiger partial charge in [-0.3, -0.25) is 15.1 Å². The molecule has 0 radical (unpaired) electrons. The molecule has 88 valence electrons. The van der Waals surface area contributed by atoms with Gasteiger partial charge in [-0.2, -0.15) is 10.1 Å². The van der Waals surface area contributed by atoms with E-state index in [-0.39, 0.29) is 5.91 Å². The second kappa shape index (κ2) is 4.60. The molecule has 0 aliphatic rings. The lowest BCUT2D eigenvalue weighted by atomic mass is 10.3. The van der Waals surface area contributed by atoms with E-state index in [0.29, 0.717) is 11.6 Å². The molecule has 0 saturated carbocycles. The standard InChI is InChI=1S/C10H12N6O/c1-11-7-3-4-12-8(5-7)9(17)15-10-13-6-14-16(10)2/h3-6H,1-2H3,(H,11,12)(H,13,14,15,17). The SMILES string of the molecule is CNc1ccnc(C(=O)Nc2ncnn2C)c1. The molecule has 0 saturated heterocycles. The number of nitrogens with one attached hydrogen (secondary N) is 2. The summed E-state index contributed by atoms with van der Waals surface area (Å²) in [6.07, 6.45) is 2.94. The molecular formula is C10H12N6O. The molecule has 2 aromatic rings. The van der Waals surface area contributed by atoms with Crippen LogP contribution >= 0.6 is 0 Å². The molecule has 2 N–H and O–H groups in total. The van der Waals surface area contributed by atoms with Crippen LogP contribution in [0.5, 0.6) is 0 Å². The van der Waals surface area contributed by atoms with E-state index in [1.165, 1.54) is 11.0 Å². The van der Waals surface area contributed by atoms with Crippen molar-refractivity contribution in [1.29, 1.82) is 0 Å². The van der Waals surface area contributed by atoms with Crippen LogP contribution in [-0.2, 0) is 7.05 Å². The summed E-state index contributed by atoms with van der Waals surface area (Å²) in [7, 11) is 3.47. The number of carbonyl (C=O) groups is 1. The minimum atomic E-state index is -0.321. The van der Waals surface area contributed by atoms with Gasteiger partial charge < -0.3 is 5.32 Å². The number of hydrogen-bond donors (Lipinski definition) is 2. The van der Waals surface area contributed by atoms with E-state index in [1.807, 2.05) is 0 Å². The van der Waals surface area contributed by atoms with Crippen molar-refractivity contribution < 1.29 is 4.79 Å². The zero-order valence-corrected chi connectivity index (χ0v) is 9.51. The lowest BCUT2D eigenvalue weighted by Gasteiger charge is -2.04. The Bertz CT molecular complexity index is 535. The highest BCUT2D eigenvalue weighted by Gasteiger charge is 2.10. The third-order valence-electron chi connectivity index (χ3n) is 2.22. The average molecular weight is 232 g/mol. The summed E-state index contributed by atoms with van der Waals surface area (Å²) in [5, 5.41) is 9.41. The van der Waals surface area contributed by atoms with Crippen LogP contribution in [0.3, 0.4) is 0 Å². The largest absolute Gasteiger partial charge is 0.388 e. The van der Waals surface area contributed by atoms with E-state index >= 15 is 0 Å². The van der Waals surface area contributed by atoms with Crippen molar-refractivity contribution in [1.82, 2.24) is 19.7 Å². The Labute approximate surface area is 97.9 Å². The molecule has 0 aliphatic heterocycles. The maximum Gasteiger partial charge on any atom is 0.276 e. The second-order valence-corrected chi connectivity index (χ2v) is 3.34. The molecule has 0 bridgehead atoms. The fraction of sp³-hybridized carbons (Fsp3) is 0.200. The lowest BCUT2D eigenvalue weighted by molar-refractivity contribution is 0.102. The third-order valence-corrected chi connectivity index (χ3v) is 2.22. The molecule has 2 aromatic heterocycles. The predicted molar refractivity (Wildman–Crippen MR) is 62.7 cm³/mol. The predicted octanol–water partition coefficient (Wildman–Crippen LogP) is 0.504. The molecule has 0 fully saturated rings. The molecule has 7 nitrogen and oxygen atoms in total. The molecule has 0 spiro atoms. The molecule has 7 heteroatoms. The fourth-order valence-electron chi connectivity index (χ4n) is 1.29. The Morgan fingerprint density at radius 3 is 2.88 bits per heavy atom. The average Bonchev–Trinajstić information content (AvgIpc) is 2.75. The first kappa shape index (κ1) is 11.1. The molecular weight excluding hydrogens is 220 g/mol. The van der Waals surface area contributed by atoms with Gasteiger partial charge in [0, 0.05) is 26.0 Å². The van der Waals surface area contributed by atoms with Crippen molar-refractivity contribution in [2.24, 2.45) is 7.05 Å². The molecule has 2 heterocycles. The monoisotopic (exact) mass is 232 g/mol. The van der Waals surface area contributed by atoms with Gasteiger partial charge in [-0.1, -0.05) is 0 Å². The van der Waals surface area contributed by atoms with E-state index in [1.54, 1.807) is 32.4 Å². The summed E-state index contributed by atoms with van der Waals surface area (Å²) in [5.41, 5.74) is 1.14. The summed E-state index contributed by atoms with van der Waals surface area (Å²) in [4.78, 5) is 19.7. The van der Waals surface area contributed by atoms with Gasteiger partial charge in [0.15, 0.2) is 0 Å². The Morgan fingerprint density at radius 2 is 2.24 bits per heavy atom. The van der Waals surface area contributed by atoms with Gasteiger partial charge in [-0.15, -0.1) is 0 Å². The zero-order valence-electron chi connectivity index (χ0n) is 9.51. The maximum absolute atomic E-state index is 11.8. The van der Waals surface area contributed by atoms with Gasteiger partial charge >= 0.3 is 0 Å². The highest BCUT2D eigenvalue weighted by molar-refractivity contribution is 6.02. The molecule has 0 unspecified atom stereocenters. The molecule has 0 atom stereocenters. The second-order valence-electron chi connectivity index (χ2n) is 3.34. The number of pyridine rings is 1. The van der Waals surface area contributed by atoms with Crippen LogP contribution in [0, 0.1) is 0 Å². The van der Waals surface area contributed by atoms with Crippen LogP contribution in [0.25, 0.3) is 0 Å². The van der Waals surface area contributed by atoms with E-state index in [2.05, 4.69) is 25.7 Å². The minimum absolute atomic E-state index is 0.319. The van der Waals surface area contributed by atoms with Crippen molar-refractivity contribution in [3.8, 4) is 0 Å². The maximum atomic E-state index is 11.8. The minimum Gasteiger partial charge on any atom is -0.388 e. The Hall–Kier alpha value is -2.44. The molecule has 17 heavy (non-hydrogen) atoms. The number of hydrogen-bond acceptors (Lipinski definition) is 5. The van der Waals surface area contributed by atoms with E-state index in [4.69, 9.17) is 0 Å². The lowest BCUT2D eigenvalue weighted by Crippen LogP contribution is -2.16. The van der Waals surface area contributed by atoms with Gasteiger partial charge in [-0.25, -0.2) is 4.68 Å². The first-order chi connectivity index (χ1) is 8.20. The Balaban J connectivity index is 2.17. The van der Waals surface area contributed by atoms with Crippen molar-refractivity contribution >= 4 is 17.5 Å². The van der Waals surface area contributed by atoms with Crippen LogP contribution in [0.4, 0.5) is 11.6 Å². The normalized spacial score (nSPS) is 10.0. The van der Waals surface area contributed by atoms with Crippen molar-refractivity contribution in [2.75, 3.05) is 17.7 Å². The summed E-state index contributed by atoms with van der Waals surface area (Å²) in [6, 6.07) is 3.44. The molecule has 1 amide bonds. The quantitative estimate of drug-likeness (QED) is 0.805. The van der Waals surface area contributed by atoms with Gasteiger partial charge in [-0.05, 0) is 12.1 Å². The number of rotatable bonds is 3. The number of aromatic nitrogens is 4. The zero-order chi connectivity index (χ0) is 12.3. The molecule has 0 aliphatic carbocycles. The van der Waals surface area contributed by atoms with Crippen molar-refractivity contribution in [3.63, 3.8) is 0 Å².